The summed E-state index contributed by atoms with van der Waals surface area (Å²) >= 11 is 10.6. The summed E-state index contributed by atoms with van der Waals surface area (Å²) in [5.74, 6) is -0.945. The van der Waals surface area contributed by atoms with Crippen LogP contribution in [-0.2, 0) is 4.79 Å². The second-order valence-corrected chi connectivity index (χ2v) is 5.74. The van der Waals surface area contributed by atoms with Gasteiger partial charge in [0.1, 0.15) is 0 Å². The van der Waals surface area contributed by atoms with E-state index in [0.717, 1.165) is 14.9 Å². The Morgan fingerprint density at radius 1 is 1.39 bits per heavy atom. The largest absolute Gasteiger partial charge is 0.478 e. The van der Waals surface area contributed by atoms with Crippen LogP contribution in [-0.4, -0.2) is 11.1 Å². The summed E-state index contributed by atoms with van der Waals surface area (Å²) in [6.07, 6.45) is 1.63. The Labute approximate surface area is 122 Å². The minimum absolute atomic E-state index is 0.271. The highest BCUT2D eigenvalue weighted by Crippen LogP contribution is 2.28. The third-order valence-electron chi connectivity index (χ3n) is 2.28. The van der Waals surface area contributed by atoms with Gasteiger partial charge in [-0.1, -0.05) is 39.7 Å². The molecule has 0 aliphatic rings. The van der Waals surface area contributed by atoms with E-state index in [0.29, 0.717) is 5.02 Å². The molecule has 1 aromatic carbocycles. The van der Waals surface area contributed by atoms with Gasteiger partial charge >= 0.3 is 5.97 Å². The molecule has 0 unspecified atom stereocenters. The van der Waals surface area contributed by atoms with Crippen molar-refractivity contribution in [1.82, 2.24) is 0 Å². The van der Waals surface area contributed by atoms with Crippen molar-refractivity contribution in [3.8, 4) is 0 Å². The topological polar surface area (TPSA) is 37.3 Å². The van der Waals surface area contributed by atoms with Crippen LogP contribution in [0.1, 0.15) is 10.4 Å². The molecule has 0 aliphatic heterocycles. The zero-order valence-corrected chi connectivity index (χ0v) is 12.2. The summed E-state index contributed by atoms with van der Waals surface area (Å²) in [4.78, 5) is 12.0. The van der Waals surface area contributed by atoms with Crippen LogP contribution in [0.15, 0.2) is 40.2 Å². The van der Waals surface area contributed by atoms with Crippen molar-refractivity contribution >= 4 is 56.5 Å². The molecule has 0 saturated heterocycles. The third kappa shape index (κ3) is 3.02. The van der Waals surface area contributed by atoms with E-state index in [1.165, 1.54) is 11.3 Å². The van der Waals surface area contributed by atoms with Crippen LogP contribution < -0.4 is 0 Å². The van der Waals surface area contributed by atoms with Crippen LogP contribution in [0.3, 0.4) is 0 Å². The first-order valence-electron chi connectivity index (χ1n) is 5.02. The van der Waals surface area contributed by atoms with Gasteiger partial charge in [0.05, 0.1) is 5.57 Å². The highest BCUT2D eigenvalue weighted by Gasteiger charge is 2.12. The Hall–Kier alpha value is -1.10. The number of aliphatic carboxylic acids is 1. The quantitative estimate of drug-likeness (QED) is 0.814. The smallest absolute Gasteiger partial charge is 0.337 e. The summed E-state index contributed by atoms with van der Waals surface area (Å²) in [6.45, 7) is 0. The van der Waals surface area contributed by atoms with Gasteiger partial charge in [0.25, 0.3) is 0 Å². The number of carbonyl (C=O) groups is 1. The van der Waals surface area contributed by atoms with Gasteiger partial charge in [0.15, 0.2) is 0 Å². The average molecular weight is 344 g/mol. The maximum atomic E-state index is 11.3. The monoisotopic (exact) mass is 342 g/mol. The van der Waals surface area contributed by atoms with E-state index >= 15 is 0 Å². The molecule has 0 amide bonds. The predicted octanol–water partition coefficient (Wildman–Crippen LogP) is 4.79. The predicted molar refractivity (Wildman–Crippen MR) is 79.0 cm³/mol. The minimum atomic E-state index is -0.945. The van der Waals surface area contributed by atoms with E-state index in [9.17, 15) is 9.90 Å². The maximum Gasteiger partial charge on any atom is 0.337 e. The average Bonchev–Trinajstić information content (AvgIpc) is 2.80. The third-order valence-corrected chi connectivity index (χ3v) is 4.10. The lowest BCUT2D eigenvalue weighted by Crippen LogP contribution is -1.97. The van der Waals surface area contributed by atoms with E-state index in [1.807, 2.05) is 11.4 Å². The number of carboxylic acids is 1. The van der Waals surface area contributed by atoms with Crippen molar-refractivity contribution in [1.29, 1.82) is 0 Å². The molecule has 2 aromatic rings. The van der Waals surface area contributed by atoms with Gasteiger partial charge < -0.3 is 5.11 Å². The zero-order chi connectivity index (χ0) is 13.1. The molecular weight excluding hydrogens is 336 g/mol. The van der Waals surface area contributed by atoms with Crippen LogP contribution >= 0.6 is 38.9 Å². The number of thiophene rings is 1. The van der Waals surface area contributed by atoms with E-state index in [2.05, 4.69) is 15.9 Å². The molecule has 0 spiro atoms. The van der Waals surface area contributed by atoms with Gasteiger partial charge in [-0.3, -0.25) is 0 Å². The normalized spacial score (nSPS) is 11.6. The van der Waals surface area contributed by atoms with Gasteiger partial charge in [-0.15, -0.1) is 11.3 Å². The van der Waals surface area contributed by atoms with Gasteiger partial charge in [-0.05, 0) is 35.2 Å². The van der Waals surface area contributed by atoms with E-state index in [4.69, 9.17) is 11.6 Å². The molecular formula is C13H8BrClO2S. The number of rotatable bonds is 3. The second-order valence-electron chi connectivity index (χ2n) is 3.51. The molecule has 1 N–H and O–H groups in total. The summed E-state index contributed by atoms with van der Waals surface area (Å²) in [5.41, 5.74) is 1.05. The van der Waals surface area contributed by atoms with E-state index in [1.54, 1.807) is 30.3 Å². The molecule has 0 atom stereocenters. The molecule has 0 aliphatic carbocycles. The SMILES string of the molecule is O=C(O)/C(=C/c1ccc(Cl)cc1Br)c1cccs1. The molecule has 0 bridgehead atoms. The van der Waals surface area contributed by atoms with Crippen molar-refractivity contribution in [2.45, 2.75) is 0 Å². The van der Waals surface area contributed by atoms with E-state index in [-0.39, 0.29) is 5.57 Å². The Bertz CT molecular complexity index is 605. The fourth-order valence-corrected chi connectivity index (χ4v) is 2.98. The Kier molecular flexibility index (Phi) is 4.22. The zero-order valence-electron chi connectivity index (χ0n) is 9.06. The highest BCUT2D eigenvalue weighted by molar-refractivity contribution is 9.10. The second kappa shape index (κ2) is 5.69. The highest BCUT2D eigenvalue weighted by atomic mass is 79.9. The fourth-order valence-electron chi connectivity index (χ4n) is 1.44. The van der Waals surface area contributed by atoms with Gasteiger partial charge in [-0.2, -0.15) is 0 Å². The van der Waals surface area contributed by atoms with Crippen molar-refractivity contribution < 1.29 is 9.90 Å². The summed E-state index contributed by atoms with van der Waals surface area (Å²) in [6, 6.07) is 8.86. The molecule has 5 heteroatoms. The van der Waals surface area contributed by atoms with Gasteiger partial charge in [0.2, 0.25) is 0 Å². The van der Waals surface area contributed by atoms with Gasteiger partial charge in [0, 0.05) is 14.4 Å². The first-order valence-corrected chi connectivity index (χ1v) is 7.07. The summed E-state index contributed by atoms with van der Waals surface area (Å²) < 4.78 is 0.769. The molecule has 1 aromatic heterocycles. The Morgan fingerprint density at radius 3 is 2.72 bits per heavy atom. The molecule has 2 rings (SSSR count). The summed E-state index contributed by atoms with van der Waals surface area (Å²) in [7, 11) is 0. The van der Waals surface area contributed by atoms with Crippen molar-refractivity contribution in [2.75, 3.05) is 0 Å². The van der Waals surface area contributed by atoms with E-state index < -0.39 is 5.97 Å². The van der Waals surface area contributed by atoms with Gasteiger partial charge in [-0.25, -0.2) is 4.79 Å². The van der Waals surface area contributed by atoms with Crippen molar-refractivity contribution in [2.24, 2.45) is 0 Å². The van der Waals surface area contributed by atoms with Crippen LogP contribution in [0.2, 0.25) is 5.02 Å². The Morgan fingerprint density at radius 2 is 2.17 bits per heavy atom. The molecule has 0 fully saturated rings. The lowest BCUT2D eigenvalue weighted by Gasteiger charge is -2.02. The van der Waals surface area contributed by atoms with Crippen molar-refractivity contribution in [3.05, 3.63) is 55.6 Å². The van der Waals surface area contributed by atoms with Crippen LogP contribution in [0.25, 0.3) is 11.6 Å². The molecule has 0 saturated carbocycles. The number of hydrogen-bond acceptors (Lipinski definition) is 2. The lowest BCUT2D eigenvalue weighted by molar-refractivity contribution is -0.130. The summed E-state index contributed by atoms with van der Waals surface area (Å²) in [5, 5.41) is 11.7. The molecule has 92 valence electrons. The van der Waals surface area contributed by atoms with Crippen LogP contribution in [0.5, 0.6) is 0 Å². The molecule has 1 heterocycles. The number of carboxylic acid groups (broad SMARTS) is 1. The molecule has 18 heavy (non-hydrogen) atoms. The van der Waals surface area contributed by atoms with Crippen LogP contribution in [0, 0.1) is 0 Å². The minimum Gasteiger partial charge on any atom is -0.478 e. The number of hydrogen-bond donors (Lipinski definition) is 1. The number of benzene rings is 1. The standard InChI is InChI=1S/C13H8BrClO2S/c14-11-7-9(15)4-3-8(11)6-10(13(16)17)12-2-1-5-18-12/h1-7H,(H,16,17)/b10-6+. The Balaban J connectivity index is 2.49. The number of halogens is 2. The molecule has 2 nitrogen and oxygen atoms in total. The first kappa shape index (κ1) is 13.3. The fraction of sp³-hybridized carbons (Fsp3) is 0. The molecule has 0 radical (unpaired) electrons. The lowest BCUT2D eigenvalue weighted by atomic mass is 10.1. The maximum absolute atomic E-state index is 11.3. The van der Waals surface area contributed by atoms with Crippen molar-refractivity contribution in [3.63, 3.8) is 0 Å². The van der Waals surface area contributed by atoms with Crippen LogP contribution in [0.4, 0.5) is 0 Å². The first-order chi connectivity index (χ1) is 8.58.